The molecule has 2 heterocycles. The van der Waals surface area contributed by atoms with E-state index in [1.807, 2.05) is 6.07 Å². The van der Waals surface area contributed by atoms with Crippen molar-refractivity contribution in [2.75, 3.05) is 30.4 Å². The number of sulfone groups is 1. The monoisotopic (exact) mass is 309 g/mol. The predicted molar refractivity (Wildman–Crippen MR) is 85.2 cm³/mol. The molecule has 2 atom stereocenters. The average molecular weight is 309 g/mol. The molecule has 21 heavy (non-hydrogen) atoms. The van der Waals surface area contributed by atoms with Gasteiger partial charge in [0.2, 0.25) is 0 Å². The molecule has 2 unspecified atom stereocenters. The van der Waals surface area contributed by atoms with Gasteiger partial charge in [-0.25, -0.2) is 8.42 Å². The SMILES string of the molecule is CS(=O)(=O)c1cccc(NC2CCN3CCCCC23)c1N. The van der Waals surface area contributed by atoms with Crippen LogP contribution >= 0.6 is 0 Å². The number of nitrogen functional groups attached to an aromatic ring is 1. The first-order chi connectivity index (χ1) is 9.97. The Labute approximate surface area is 126 Å². The van der Waals surface area contributed by atoms with Gasteiger partial charge in [-0.1, -0.05) is 12.5 Å². The number of piperidine rings is 1. The Morgan fingerprint density at radius 2 is 2.05 bits per heavy atom. The molecular weight excluding hydrogens is 286 g/mol. The molecule has 1 aromatic carbocycles. The molecule has 2 aliphatic heterocycles. The normalized spacial score (nSPS) is 26.5. The number of hydrogen-bond acceptors (Lipinski definition) is 5. The minimum absolute atomic E-state index is 0.214. The average Bonchev–Trinajstić information content (AvgIpc) is 2.83. The molecule has 0 amide bonds. The van der Waals surface area contributed by atoms with Crippen molar-refractivity contribution in [3.05, 3.63) is 18.2 Å². The van der Waals surface area contributed by atoms with Crippen molar-refractivity contribution in [3.63, 3.8) is 0 Å². The van der Waals surface area contributed by atoms with Gasteiger partial charge in [0.1, 0.15) is 0 Å². The third-order valence-corrected chi connectivity index (χ3v) is 5.82. The number of rotatable bonds is 3. The zero-order chi connectivity index (χ0) is 15.0. The fraction of sp³-hybridized carbons (Fsp3) is 0.600. The van der Waals surface area contributed by atoms with Gasteiger partial charge >= 0.3 is 0 Å². The Morgan fingerprint density at radius 1 is 1.24 bits per heavy atom. The Hall–Kier alpha value is -1.27. The van der Waals surface area contributed by atoms with Gasteiger partial charge in [0.05, 0.1) is 16.3 Å². The van der Waals surface area contributed by atoms with E-state index in [1.165, 1.54) is 32.1 Å². The van der Waals surface area contributed by atoms with Gasteiger partial charge in [0.25, 0.3) is 0 Å². The van der Waals surface area contributed by atoms with Crippen molar-refractivity contribution in [3.8, 4) is 0 Å². The standard InChI is InChI=1S/C15H23N3O2S/c1-21(19,20)14-7-4-5-12(15(14)16)17-11-8-10-18-9-3-2-6-13(11)18/h4-5,7,11,13,17H,2-3,6,8-10,16H2,1H3. The van der Waals surface area contributed by atoms with E-state index in [0.717, 1.165) is 18.7 Å². The van der Waals surface area contributed by atoms with Crippen molar-refractivity contribution in [2.45, 2.75) is 42.7 Å². The Bertz CT molecular complexity index is 630. The van der Waals surface area contributed by atoms with Crippen LogP contribution in [-0.4, -0.2) is 44.7 Å². The fourth-order valence-electron chi connectivity index (χ4n) is 3.61. The minimum Gasteiger partial charge on any atom is -0.396 e. The van der Waals surface area contributed by atoms with Gasteiger partial charge in [-0.15, -0.1) is 0 Å². The lowest BCUT2D eigenvalue weighted by Gasteiger charge is -2.33. The molecule has 2 fully saturated rings. The van der Waals surface area contributed by atoms with E-state index in [1.54, 1.807) is 12.1 Å². The van der Waals surface area contributed by atoms with E-state index in [4.69, 9.17) is 5.73 Å². The number of anilines is 2. The molecule has 3 rings (SSSR count). The maximum Gasteiger partial charge on any atom is 0.177 e. The van der Waals surface area contributed by atoms with Gasteiger partial charge in [0.15, 0.2) is 9.84 Å². The lowest BCUT2D eigenvalue weighted by atomic mass is 9.99. The van der Waals surface area contributed by atoms with Crippen LogP contribution in [0.25, 0.3) is 0 Å². The third kappa shape index (κ3) is 2.87. The summed E-state index contributed by atoms with van der Waals surface area (Å²) in [5.74, 6) is 0. The lowest BCUT2D eigenvalue weighted by Crippen LogP contribution is -2.41. The number of fused-ring (bicyclic) bond motifs is 1. The van der Waals surface area contributed by atoms with E-state index in [2.05, 4.69) is 10.2 Å². The number of nitrogens with zero attached hydrogens (tertiary/aromatic N) is 1. The van der Waals surface area contributed by atoms with Crippen LogP contribution in [0.15, 0.2) is 23.1 Å². The Morgan fingerprint density at radius 3 is 2.81 bits per heavy atom. The molecule has 0 bridgehead atoms. The molecule has 2 aliphatic rings. The van der Waals surface area contributed by atoms with Crippen LogP contribution < -0.4 is 11.1 Å². The first-order valence-corrected chi connectivity index (χ1v) is 9.45. The second kappa shape index (κ2) is 5.50. The molecule has 0 radical (unpaired) electrons. The molecular formula is C15H23N3O2S. The van der Waals surface area contributed by atoms with E-state index in [-0.39, 0.29) is 4.90 Å². The molecule has 0 aliphatic carbocycles. The van der Waals surface area contributed by atoms with Crippen LogP contribution in [0.1, 0.15) is 25.7 Å². The van der Waals surface area contributed by atoms with Gasteiger partial charge in [0, 0.05) is 24.9 Å². The van der Waals surface area contributed by atoms with Crippen LogP contribution in [0.5, 0.6) is 0 Å². The third-order valence-electron chi connectivity index (χ3n) is 4.66. The highest BCUT2D eigenvalue weighted by Crippen LogP contribution is 2.32. The number of para-hydroxylation sites is 1. The summed E-state index contributed by atoms with van der Waals surface area (Å²) < 4.78 is 23.5. The van der Waals surface area contributed by atoms with Crippen LogP contribution in [-0.2, 0) is 9.84 Å². The van der Waals surface area contributed by atoms with E-state index in [9.17, 15) is 8.42 Å². The zero-order valence-corrected chi connectivity index (χ0v) is 13.2. The van der Waals surface area contributed by atoms with E-state index < -0.39 is 9.84 Å². The van der Waals surface area contributed by atoms with Crippen LogP contribution in [0.3, 0.4) is 0 Å². The van der Waals surface area contributed by atoms with Crippen molar-refractivity contribution >= 4 is 21.2 Å². The van der Waals surface area contributed by atoms with E-state index in [0.29, 0.717) is 17.8 Å². The van der Waals surface area contributed by atoms with Crippen LogP contribution in [0.2, 0.25) is 0 Å². The van der Waals surface area contributed by atoms with Crippen molar-refractivity contribution < 1.29 is 8.42 Å². The first kappa shape index (κ1) is 14.7. The predicted octanol–water partition coefficient (Wildman–Crippen LogP) is 1.71. The van der Waals surface area contributed by atoms with E-state index >= 15 is 0 Å². The molecule has 6 heteroatoms. The minimum atomic E-state index is -3.29. The summed E-state index contributed by atoms with van der Waals surface area (Å²) in [6.45, 7) is 2.30. The first-order valence-electron chi connectivity index (χ1n) is 7.56. The Kier molecular flexibility index (Phi) is 3.84. The van der Waals surface area contributed by atoms with Crippen molar-refractivity contribution in [1.82, 2.24) is 4.90 Å². The smallest absolute Gasteiger partial charge is 0.177 e. The summed E-state index contributed by atoms with van der Waals surface area (Å²) in [6.07, 6.45) is 6.06. The van der Waals surface area contributed by atoms with Gasteiger partial charge in [-0.3, -0.25) is 4.90 Å². The molecule has 0 saturated carbocycles. The molecule has 3 N–H and O–H groups in total. The molecule has 1 aromatic rings. The van der Waals surface area contributed by atoms with Gasteiger partial charge in [-0.05, 0) is 37.9 Å². The molecule has 116 valence electrons. The summed E-state index contributed by atoms with van der Waals surface area (Å²) in [7, 11) is -3.29. The molecule has 0 aromatic heterocycles. The van der Waals surface area contributed by atoms with Gasteiger partial charge < -0.3 is 11.1 Å². The van der Waals surface area contributed by atoms with Crippen LogP contribution in [0.4, 0.5) is 11.4 Å². The second-order valence-corrected chi connectivity index (χ2v) is 8.11. The highest BCUT2D eigenvalue weighted by Gasteiger charge is 2.35. The second-order valence-electron chi connectivity index (χ2n) is 6.13. The number of benzene rings is 1. The molecule has 0 spiro atoms. The lowest BCUT2D eigenvalue weighted by molar-refractivity contribution is 0.193. The van der Waals surface area contributed by atoms with Gasteiger partial charge in [-0.2, -0.15) is 0 Å². The number of nitrogens with two attached hydrogens (primary N) is 1. The summed E-state index contributed by atoms with van der Waals surface area (Å²) >= 11 is 0. The summed E-state index contributed by atoms with van der Waals surface area (Å²) in [5, 5.41) is 3.49. The van der Waals surface area contributed by atoms with Crippen LogP contribution in [0, 0.1) is 0 Å². The maximum absolute atomic E-state index is 11.8. The highest BCUT2D eigenvalue weighted by atomic mass is 32.2. The highest BCUT2D eigenvalue weighted by molar-refractivity contribution is 7.90. The molecule has 2 saturated heterocycles. The zero-order valence-electron chi connectivity index (χ0n) is 12.4. The van der Waals surface area contributed by atoms with Crippen molar-refractivity contribution in [1.29, 1.82) is 0 Å². The topological polar surface area (TPSA) is 75.4 Å². The molecule has 5 nitrogen and oxygen atoms in total. The Balaban J connectivity index is 1.82. The quantitative estimate of drug-likeness (QED) is 0.831. The number of nitrogens with one attached hydrogen (secondary N) is 1. The fourth-order valence-corrected chi connectivity index (χ4v) is 4.44. The number of hydrogen-bond donors (Lipinski definition) is 2. The summed E-state index contributed by atoms with van der Waals surface area (Å²) in [5.41, 5.74) is 7.15. The largest absolute Gasteiger partial charge is 0.396 e. The summed E-state index contributed by atoms with van der Waals surface area (Å²) in [6, 6.07) is 6.11. The van der Waals surface area contributed by atoms with Crippen molar-refractivity contribution in [2.24, 2.45) is 0 Å². The maximum atomic E-state index is 11.8. The summed E-state index contributed by atoms with van der Waals surface area (Å²) in [4.78, 5) is 2.75.